The minimum absolute atomic E-state index is 0.127. The fraction of sp³-hybridized carbons (Fsp3) is 0.577. The van der Waals surface area contributed by atoms with Gasteiger partial charge in [0.05, 0.1) is 21.8 Å². The molecular weight excluding hydrogens is 434 g/mol. The van der Waals surface area contributed by atoms with E-state index in [1.807, 2.05) is 18.2 Å². The molecule has 0 aromatic heterocycles. The number of azo groups is 1. The molecule has 5 rings (SSSR count). The van der Waals surface area contributed by atoms with Crippen LogP contribution in [0, 0.1) is 5.41 Å². The van der Waals surface area contributed by atoms with Crippen LogP contribution in [0.5, 0.6) is 0 Å². The number of sulfone groups is 1. The zero-order chi connectivity index (χ0) is 23.4. The average Bonchev–Trinajstić information content (AvgIpc) is 3.26. The molecule has 33 heavy (non-hydrogen) atoms. The van der Waals surface area contributed by atoms with Gasteiger partial charge in [0.15, 0.2) is 21.8 Å². The third kappa shape index (κ3) is 3.50. The van der Waals surface area contributed by atoms with E-state index in [2.05, 4.69) is 36.3 Å². The van der Waals surface area contributed by atoms with Gasteiger partial charge in [0.2, 0.25) is 0 Å². The van der Waals surface area contributed by atoms with Crippen molar-refractivity contribution in [3.05, 3.63) is 52.9 Å². The molecule has 7 heteroatoms. The Balaban J connectivity index is 1.68. The zero-order valence-electron chi connectivity index (χ0n) is 19.7. The van der Waals surface area contributed by atoms with E-state index >= 15 is 0 Å². The molecule has 1 N–H and O–H groups in total. The fourth-order valence-corrected chi connectivity index (χ4v) is 8.29. The largest absolute Gasteiger partial charge is 0.362 e. The van der Waals surface area contributed by atoms with Crippen LogP contribution < -0.4 is 5.32 Å². The van der Waals surface area contributed by atoms with Gasteiger partial charge in [-0.05, 0) is 48.8 Å². The van der Waals surface area contributed by atoms with Crippen LogP contribution in [-0.4, -0.2) is 25.6 Å². The maximum absolute atomic E-state index is 13.6. The summed E-state index contributed by atoms with van der Waals surface area (Å²) >= 11 is 0. The van der Waals surface area contributed by atoms with E-state index in [1.165, 1.54) is 0 Å². The van der Waals surface area contributed by atoms with E-state index in [-0.39, 0.29) is 22.6 Å². The number of Topliss-reactive ketones (excluding diaryl/α,β-unsaturated/α-hetero) is 1. The minimum atomic E-state index is -3.42. The number of nitrogens with one attached hydrogen (secondary N) is 1. The summed E-state index contributed by atoms with van der Waals surface area (Å²) in [5.74, 6) is 0.127. The Morgan fingerprint density at radius 2 is 1.88 bits per heavy atom. The van der Waals surface area contributed by atoms with Crippen molar-refractivity contribution in [2.75, 3.05) is 0 Å². The molecule has 1 fully saturated rings. The molecule has 1 aromatic carbocycles. The second-order valence-electron chi connectivity index (χ2n) is 10.7. The summed E-state index contributed by atoms with van der Waals surface area (Å²) in [6, 6.07) is 7.35. The lowest BCUT2D eigenvalue weighted by Crippen LogP contribution is -2.51. The monoisotopic (exact) mass is 467 g/mol. The van der Waals surface area contributed by atoms with Crippen LogP contribution in [0.1, 0.15) is 77.7 Å². The SMILES string of the molecule is CCC1(c2cccc(S(=O)(=O)C3CCCCC3)c2)C2=CN=NC2NC2=C1C(=O)CC(C)(C)C2. The molecule has 1 aromatic rings. The van der Waals surface area contributed by atoms with Crippen molar-refractivity contribution >= 4 is 15.6 Å². The molecule has 6 nitrogen and oxygen atoms in total. The normalized spacial score (nSPS) is 29.4. The van der Waals surface area contributed by atoms with Gasteiger partial charge in [-0.3, -0.25) is 4.79 Å². The third-order valence-electron chi connectivity index (χ3n) is 7.96. The molecule has 176 valence electrons. The highest BCUT2D eigenvalue weighted by Crippen LogP contribution is 2.54. The van der Waals surface area contributed by atoms with Crippen LogP contribution >= 0.6 is 0 Å². The highest BCUT2D eigenvalue weighted by molar-refractivity contribution is 7.92. The Labute approximate surface area is 196 Å². The quantitative estimate of drug-likeness (QED) is 0.645. The molecule has 0 amide bonds. The number of nitrogens with zero attached hydrogens (tertiary/aromatic N) is 2. The summed E-state index contributed by atoms with van der Waals surface area (Å²) in [4.78, 5) is 14.0. The van der Waals surface area contributed by atoms with Crippen molar-refractivity contribution in [1.29, 1.82) is 0 Å². The standard InChI is InChI=1S/C26H33N3O3S/c1-4-26(17-9-8-12-19(13-17)33(31,32)18-10-6-5-7-11-18)20-16-27-29-24(20)28-21-14-25(2,3)15-22(30)23(21)26/h8-9,12-13,16,18,24,28H,4-7,10-11,14-15H2,1-3H3. The second kappa shape index (κ2) is 7.90. The van der Waals surface area contributed by atoms with Crippen LogP contribution in [0.2, 0.25) is 0 Å². The highest BCUT2D eigenvalue weighted by atomic mass is 32.2. The van der Waals surface area contributed by atoms with E-state index < -0.39 is 15.3 Å². The number of allylic oxidation sites excluding steroid dienone is 2. The van der Waals surface area contributed by atoms with Gasteiger partial charge in [0.1, 0.15) is 0 Å². The molecule has 4 aliphatic rings. The van der Waals surface area contributed by atoms with Crippen molar-refractivity contribution in [1.82, 2.24) is 5.32 Å². The van der Waals surface area contributed by atoms with Gasteiger partial charge in [0.25, 0.3) is 0 Å². The van der Waals surface area contributed by atoms with Gasteiger partial charge < -0.3 is 5.32 Å². The smallest absolute Gasteiger partial charge is 0.181 e. The van der Waals surface area contributed by atoms with Crippen LogP contribution in [0.3, 0.4) is 0 Å². The first-order valence-corrected chi connectivity index (χ1v) is 13.7. The van der Waals surface area contributed by atoms with Crippen molar-refractivity contribution in [3.63, 3.8) is 0 Å². The van der Waals surface area contributed by atoms with Gasteiger partial charge in [-0.25, -0.2) is 8.42 Å². The minimum Gasteiger partial charge on any atom is -0.362 e. The van der Waals surface area contributed by atoms with E-state index in [1.54, 1.807) is 12.3 Å². The predicted octanol–water partition coefficient (Wildman–Crippen LogP) is 5.36. The van der Waals surface area contributed by atoms with Gasteiger partial charge in [-0.15, -0.1) is 0 Å². The Morgan fingerprint density at radius 3 is 2.61 bits per heavy atom. The molecule has 0 bridgehead atoms. The van der Waals surface area contributed by atoms with Crippen molar-refractivity contribution in [3.8, 4) is 0 Å². The zero-order valence-corrected chi connectivity index (χ0v) is 20.5. The Kier molecular flexibility index (Phi) is 5.39. The molecule has 2 unspecified atom stereocenters. The topological polar surface area (TPSA) is 88.0 Å². The molecular formula is C26H33N3O3S. The summed E-state index contributed by atoms with van der Waals surface area (Å²) in [5, 5.41) is 11.8. The molecule has 2 heterocycles. The number of rotatable bonds is 4. The molecule has 2 aliphatic carbocycles. The summed E-state index contributed by atoms with van der Waals surface area (Å²) < 4.78 is 27.1. The van der Waals surface area contributed by atoms with Crippen molar-refractivity contribution < 1.29 is 13.2 Å². The van der Waals surface area contributed by atoms with Crippen LogP contribution in [0.4, 0.5) is 0 Å². The second-order valence-corrected chi connectivity index (χ2v) is 13.0. The van der Waals surface area contributed by atoms with Gasteiger partial charge in [0, 0.05) is 23.3 Å². The molecule has 0 radical (unpaired) electrons. The number of carbonyl (C=O) groups is 1. The highest BCUT2D eigenvalue weighted by Gasteiger charge is 2.53. The Morgan fingerprint density at radius 1 is 1.12 bits per heavy atom. The van der Waals surface area contributed by atoms with Crippen LogP contribution in [0.15, 0.2) is 62.4 Å². The van der Waals surface area contributed by atoms with E-state index in [9.17, 15) is 13.2 Å². The first-order valence-electron chi connectivity index (χ1n) is 12.2. The maximum Gasteiger partial charge on any atom is 0.181 e. The first-order chi connectivity index (χ1) is 15.7. The van der Waals surface area contributed by atoms with Crippen LogP contribution in [0.25, 0.3) is 0 Å². The lowest BCUT2D eigenvalue weighted by Gasteiger charge is -2.47. The number of benzene rings is 1. The Hall–Kier alpha value is -2.28. The fourth-order valence-electron chi connectivity index (χ4n) is 6.40. The number of hydrogen-bond acceptors (Lipinski definition) is 6. The average molecular weight is 468 g/mol. The molecule has 1 saturated carbocycles. The van der Waals surface area contributed by atoms with Gasteiger partial charge >= 0.3 is 0 Å². The van der Waals surface area contributed by atoms with E-state index in [4.69, 9.17) is 0 Å². The number of fused-ring (bicyclic) bond motifs is 1. The number of carbonyl (C=O) groups excluding carboxylic acids is 1. The lowest BCUT2D eigenvalue weighted by molar-refractivity contribution is -0.119. The molecule has 2 aliphatic heterocycles. The van der Waals surface area contributed by atoms with Crippen LogP contribution in [-0.2, 0) is 20.0 Å². The van der Waals surface area contributed by atoms with Gasteiger partial charge in [-0.1, -0.05) is 52.2 Å². The van der Waals surface area contributed by atoms with E-state index in [0.29, 0.717) is 17.7 Å². The molecule has 0 saturated heterocycles. The number of ketones is 1. The number of hydrogen-bond donors (Lipinski definition) is 1. The van der Waals surface area contributed by atoms with E-state index in [0.717, 1.165) is 60.9 Å². The van der Waals surface area contributed by atoms with Gasteiger partial charge in [-0.2, -0.15) is 10.2 Å². The molecule has 2 atom stereocenters. The third-order valence-corrected chi connectivity index (χ3v) is 10.2. The summed E-state index contributed by atoms with van der Waals surface area (Å²) in [7, 11) is -3.42. The summed E-state index contributed by atoms with van der Waals surface area (Å²) in [6.07, 6.45) is 7.81. The van der Waals surface area contributed by atoms with Crippen molar-refractivity contribution in [2.24, 2.45) is 15.6 Å². The predicted molar refractivity (Wildman–Crippen MR) is 127 cm³/mol. The lowest BCUT2D eigenvalue weighted by atomic mass is 9.59. The summed E-state index contributed by atoms with van der Waals surface area (Å²) in [5.41, 5.74) is 2.64. The first kappa shape index (κ1) is 22.5. The molecule has 0 spiro atoms. The Bertz CT molecular complexity index is 1190. The maximum atomic E-state index is 13.6. The van der Waals surface area contributed by atoms with Crippen molar-refractivity contribution in [2.45, 2.75) is 93.9 Å². The summed E-state index contributed by atoms with van der Waals surface area (Å²) in [6.45, 7) is 6.30.